The summed E-state index contributed by atoms with van der Waals surface area (Å²) in [4.78, 5) is 0. The first-order valence-corrected chi connectivity index (χ1v) is 8.05. The van der Waals surface area contributed by atoms with Gasteiger partial charge in [-0.05, 0) is 72.8 Å². The number of hydrogen-bond donors (Lipinski definition) is 1. The number of nitrogens with one attached hydrogen (secondary N) is 1. The first kappa shape index (κ1) is 16.1. The van der Waals surface area contributed by atoms with Crippen molar-refractivity contribution in [3.05, 3.63) is 58.1 Å². The molecule has 0 heterocycles. The van der Waals surface area contributed by atoms with Crippen LogP contribution in [0.3, 0.4) is 0 Å². The third kappa shape index (κ3) is 3.66. The van der Waals surface area contributed by atoms with Crippen molar-refractivity contribution < 1.29 is 0 Å². The van der Waals surface area contributed by atoms with Crippen LogP contribution in [-0.4, -0.2) is 6.54 Å². The van der Waals surface area contributed by atoms with Gasteiger partial charge in [0.05, 0.1) is 0 Å². The van der Waals surface area contributed by atoms with Crippen LogP contribution < -0.4 is 5.32 Å². The summed E-state index contributed by atoms with van der Waals surface area (Å²) in [7, 11) is 0. The van der Waals surface area contributed by atoms with E-state index in [-0.39, 0.29) is 0 Å². The fourth-order valence-electron chi connectivity index (χ4n) is 2.76. The van der Waals surface area contributed by atoms with Crippen LogP contribution >= 0.6 is 11.6 Å². The first-order valence-electron chi connectivity index (χ1n) is 7.67. The second-order valence-electron chi connectivity index (χ2n) is 5.56. The van der Waals surface area contributed by atoms with E-state index in [9.17, 15) is 0 Å². The lowest BCUT2D eigenvalue weighted by Crippen LogP contribution is -2.19. The number of aryl methyl sites for hydroxylation is 2. The van der Waals surface area contributed by atoms with Crippen LogP contribution in [0.1, 0.15) is 43.0 Å². The Morgan fingerprint density at radius 3 is 2.48 bits per heavy atom. The average molecular weight is 302 g/mol. The van der Waals surface area contributed by atoms with Gasteiger partial charge in [-0.2, -0.15) is 0 Å². The summed E-state index contributed by atoms with van der Waals surface area (Å²) >= 11 is 6.21. The summed E-state index contributed by atoms with van der Waals surface area (Å²) in [6.07, 6.45) is 1.09. The largest absolute Gasteiger partial charge is 0.310 e. The molecule has 2 aromatic rings. The molecule has 1 unspecified atom stereocenters. The van der Waals surface area contributed by atoms with Crippen LogP contribution in [0, 0.1) is 13.8 Å². The molecule has 0 fully saturated rings. The summed E-state index contributed by atoms with van der Waals surface area (Å²) in [5.41, 5.74) is 6.23. The second-order valence-corrected chi connectivity index (χ2v) is 5.97. The van der Waals surface area contributed by atoms with Gasteiger partial charge in [-0.25, -0.2) is 0 Å². The zero-order chi connectivity index (χ0) is 15.4. The molecule has 0 aliphatic carbocycles. The molecule has 2 heteroatoms. The molecule has 0 saturated carbocycles. The maximum Gasteiger partial charge on any atom is 0.0438 e. The Morgan fingerprint density at radius 1 is 1.05 bits per heavy atom. The van der Waals surface area contributed by atoms with Gasteiger partial charge in [0.15, 0.2) is 0 Å². The monoisotopic (exact) mass is 301 g/mol. The SMILES string of the molecule is CCNC(CC)c1cccc(-c2cc(C)c(Cl)cc2C)c1. The molecule has 0 saturated heterocycles. The highest BCUT2D eigenvalue weighted by Gasteiger charge is 2.10. The standard InChI is InChI=1S/C19H24ClN/c1-5-19(21-6-2)16-9-7-8-15(12-16)17-10-14(4)18(20)11-13(17)3/h7-12,19,21H,5-6H2,1-4H3. The van der Waals surface area contributed by atoms with Gasteiger partial charge in [0.25, 0.3) is 0 Å². The van der Waals surface area contributed by atoms with Crippen molar-refractivity contribution in [3.63, 3.8) is 0 Å². The predicted molar refractivity (Wildman–Crippen MR) is 93.1 cm³/mol. The quantitative estimate of drug-likeness (QED) is 0.748. The Bertz CT molecular complexity index is 619. The van der Waals surface area contributed by atoms with E-state index in [2.05, 4.69) is 69.4 Å². The van der Waals surface area contributed by atoms with E-state index in [4.69, 9.17) is 11.6 Å². The van der Waals surface area contributed by atoms with Gasteiger partial charge in [0.2, 0.25) is 0 Å². The highest BCUT2D eigenvalue weighted by atomic mass is 35.5. The number of benzene rings is 2. The molecule has 1 nitrogen and oxygen atoms in total. The molecule has 21 heavy (non-hydrogen) atoms. The smallest absolute Gasteiger partial charge is 0.0438 e. The highest BCUT2D eigenvalue weighted by Crippen LogP contribution is 2.30. The summed E-state index contributed by atoms with van der Waals surface area (Å²) in [6, 6.07) is 13.5. The Balaban J connectivity index is 2.44. The highest BCUT2D eigenvalue weighted by molar-refractivity contribution is 6.31. The summed E-state index contributed by atoms with van der Waals surface area (Å²) in [5, 5.41) is 4.38. The molecule has 0 aromatic heterocycles. The Labute approximate surface area is 133 Å². The topological polar surface area (TPSA) is 12.0 Å². The minimum atomic E-state index is 0.420. The van der Waals surface area contributed by atoms with Crippen molar-refractivity contribution in [1.29, 1.82) is 0 Å². The van der Waals surface area contributed by atoms with Crippen molar-refractivity contribution >= 4 is 11.6 Å². The van der Waals surface area contributed by atoms with Gasteiger partial charge in [-0.1, -0.05) is 43.6 Å². The molecular formula is C19H24ClN. The lowest BCUT2D eigenvalue weighted by molar-refractivity contribution is 0.537. The minimum absolute atomic E-state index is 0.420. The second kappa shape index (κ2) is 7.11. The molecule has 0 amide bonds. The fourth-order valence-corrected chi connectivity index (χ4v) is 2.98. The Morgan fingerprint density at radius 2 is 1.81 bits per heavy atom. The summed E-state index contributed by atoms with van der Waals surface area (Å²) < 4.78 is 0. The van der Waals surface area contributed by atoms with Crippen molar-refractivity contribution in [2.75, 3.05) is 6.54 Å². The van der Waals surface area contributed by atoms with E-state index in [1.54, 1.807) is 0 Å². The zero-order valence-corrected chi connectivity index (χ0v) is 14.1. The maximum absolute atomic E-state index is 6.21. The molecule has 0 spiro atoms. The summed E-state index contributed by atoms with van der Waals surface area (Å²) in [5.74, 6) is 0. The molecule has 0 aliphatic rings. The van der Waals surface area contributed by atoms with Gasteiger partial charge >= 0.3 is 0 Å². The third-order valence-corrected chi connectivity index (χ3v) is 4.37. The molecular weight excluding hydrogens is 278 g/mol. The van der Waals surface area contributed by atoms with Gasteiger partial charge in [-0.3, -0.25) is 0 Å². The van der Waals surface area contributed by atoms with Crippen molar-refractivity contribution in [1.82, 2.24) is 5.32 Å². The van der Waals surface area contributed by atoms with Gasteiger partial charge in [0, 0.05) is 11.1 Å². The normalized spacial score (nSPS) is 12.4. The molecule has 1 atom stereocenters. The third-order valence-electron chi connectivity index (χ3n) is 3.96. The first-order chi connectivity index (χ1) is 10.1. The summed E-state index contributed by atoms with van der Waals surface area (Å²) in [6.45, 7) is 9.54. The van der Waals surface area contributed by atoms with Crippen LogP contribution in [-0.2, 0) is 0 Å². The van der Waals surface area contributed by atoms with Gasteiger partial charge < -0.3 is 5.32 Å². The molecule has 112 valence electrons. The van der Waals surface area contributed by atoms with Crippen LogP contribution in [0.15, 0.2) is 36.4 Å². The van der Waals surface area contributed by atoms with Crippen molar-refractivity contribution in [2.45, 2.75) is 40.2 Å². The fraction of sp³-hybridized carbons (Fsp3) is 0.368. The predicted octanol–water partition coefficient (Wildman–Crippen LogP) is 5.68. The van der Waals surface area contributed by atoms with Gasteiger partial charge in [0.1, 0.15) is 0 Å². The zero-order valence-electron chi connectivity index (χ0n) is 13.3. The molecule has 2 rings (SSSR count). The van der Waals surface area contributed by atoms with Crippen LogP contribution in [0.4, 0.5) is 0 Å². The van der Waals surface area contributed by atoms with Crippen LogP contribution in [0.25, 0.3) is 11.1 Å². The van der Waals surface area contributed by atoms with Gasteiger partial charge in [-0.15, -0.1) is 0 Å². The number of rotatable bonds is 5. The minimum Gasteiger partial charge on any atom is -0.310 e. The number of halogens is 1. The van der Waals surface area contributed by atoms with E-state index in [0.29, 0.717) is 6.04 Å². The molecule has 0 aliphatic heterocycles. The number of hydrogen-bond acceptors (Lipinski definition) is 1. The Hall–Kier alpha value is -1.31. The molecule has 0 radical (unpaired) electrons. The van der Waals surface area contributed by atoms with E-state index < -0.39 is 0 Å². The average Bonchev–Trinajstić information content (AvgIpc) is 2.48. The van der Waals surface area contributed by atoms with E-state index >= 15 is 0 Å². The van der Waals surface area contributed by atoms with Crippen molar-refractivity contribution in [3.8, 4) is 11.1 Å². The lowest BCUT2D eigenvalue weighted by Gasteiger charge is -2.18. The maximum atomic E-state index is 6.21. The van der Waals surface area contributed by atoms with Crippen LogP contribution in [0.5, 0.6) is 0 Å². The lowest BCUT2D eigenvalue weighted by atomic mass is 9.94. The Kier molecular flexibility index (Phi) is 5.44. The van der Waals surface area contributed by atoms with Crippen LogP contribution in [0.2, 0.25) is 5.02 Å². The molecule has 2 aromatic carbocycles. The molecule has 1 N–H and O–H groups in total. The van der Waals surface area contributed by atoms with Crippen molar-refractivity contribution in [2.24, 2.45) is 0 Å². The molecule has 0 bridgehead atoms. The van der Waals surface area contributed by atoms with E-state index in [1.165, 1.54) is 22.3 Å². The van der Waals surface area contributed by atoms with E-state index in [1.807, 2.05) is 0 Å². The van der Waals surface area contributed by atoms with E-state index in [0.717, 1.165) is 23.6 Å².